The van der Waals surface area contributed by atoms with Gasteiger partial charge in [-0.2, -0.15) is 0 Å². The van der Waals surface area contributed by atoms with Crippen molar-refractivity contribution in [2.24, 2.45) is 0 Å². The molecule has 1 rings (SSSR count). The first-order valence-electron chi connectivity index (χ1n) is 5.06. The van der Waals surface area contributed by atoms with E-state index in [-0.39, 0.29) is 6.10 Å². The maximum atomic E-state index is 5.58. The Bertz CT molecular complexity index is 300. The molecule has 1 aromatic carbocycles. The van der Waals surface area contributed by atoms with Crippen molar-refractivity contribution in [3.8, 4) is 0 Å². The van der Waals surface area contributed by atoms with E-state index in [4.69, 9.17) is 4.74 Å². The van der Waals surface area contributed by atoms with E-state index in [0.717, 1.165) is 0 Å². The van der Waals surface area contributed by atoms with Gasteiger partial charge in [-0.05, 0) is 31.9 Å². The summed E-state index contributed by atoms with van der Waals surface area (Å²) in [5.41, 5.74) is 2.50. The van der Waals surface area contributed by atoms with E-state index in [1.165, 1.54) is 11.1 Å². The zero-order chi connectivity index (χ0) is 10.4. The number of ether oxygens (including phenoxy) is 1. The van der Waals surface area contributed by atoms with Crippen LogP contribution in [0.3, 0.4) is 0 Å². The van der Waals surface area contributed by atoms with E-state index in [1.54, 1.807) is 0 Å². The van der Waals surface area contributed by atoms with Crippen molar-refractivity contribution in [2.75, 3.05) is 0 Å². The van der Waals surface area contributed by atoms with Gasteiger partial charge in [-0.25, -0.2) is 0 Å². The van der Waals surface area contributed by atoms with E-state index in [9.17, 15) is 0 Å². The van der Waals surface area contributed by atoms with Crippen molar-refractivity contribution >= 4 is 6.08 Å². The molecule has 0 aliphatic carbocycles. The first-order valence-corrected chi connectivity index (χ1v) is 5.06. The lowest BCUT2D eigenvalue weighted by Crippen LogP contribution is -2.03. The van der Waals surface area contributed by atoms with Crippen molar-refractivity contribution in [3.63, 3.8) is 0 Å². The molecule has 1 nitrogen and oxygen atoms in total. The number of rotatable bonds is 4. The van der Waals surface area contributed by atoms with E-state index >= 15 is 0 Å². The van der Waals surface area contributed by atoms with Crippen LogP contribution in [-0.4, -0.2) is 6.10 Å². The average molecular weight is 190 g/mol. The molecular formula is C13H18O. The molecule has 0 saturated carbocycles. The molecule has 0 aliphatic heterocycles. The molecule has 1 aromatic rings. The lowest BCUT2D eigenvalue weighted by molar-refractivity contribution is 0.0656. The number of benzene rings is 1. The fourth-order valence-electron chi connectivity index (χ4n) is 1.26. The molecule has 0 spiro atoms. The standard InChI is InChI=1S/C13H18O/c1-4-7-12-8-5-6-9-13(12)10-14-11(2)3/h4-9,11H,10H2,1-3H3. The number of allylic oxidation sites excluding steroid dienone is 1. The molecule has 0 aliphatic rings. The maximum absolute atomic E-state index is 5.58. The summed E-state index contributed by atoms with van der Waals surface area (Å²) in [7, 11) is 0. The summed E-state index contributed by atoms with van der Waals surface area (Å²) in [4.78, 5) is 0. The van der Waals surface area contributed by atoms with Crippen LogP contribution in [0, 0.1) is 0 Å². The molecule has 0 N–H and O–H groups in total. The minimum Gasteiger partial charge on any atom is -0.374 e. The van der Waals surface area contributed by atoms with Gasteiger partial charge >= 0.3 is 0 Å². The maximum Gasteiger partial charge on any atom is 0.0726 e. The molecule has 0 saturated heterocycles. The normalized spacial score (nSPS) is 11.4. The van der Waals surface area contributed by atoms with E-state index in [1.807, 2.05) is 25.1 Å². The van der Waals surface area contributed by atoms with Gasteiger partial charge in [0.1, 0.15) is 0 Å². The summed E-state index contributed by atoms with van der Waals surface area (Å²) >= 11 is 0. The fraction of sp³-hybridized carbons (Fsp3) is 0.385. The third kappa shape index (κ3) is 3.35. The minimum atomic E-state index is 0.286. The lowest BCUT2D eigenvalue weighted by Gasteiger charge is -2.09. The van der Waals surface area contributed by atoms with Crippen molar-refractivity contribution in [2.45, 2.75) is 33.5 Å². The second-order valence-electron chi connectivity index (χ2n) is 3.56. The van der Waals surface area contributed by atoms with Gasteiger partial charge in [-0.1, -0.05) is 36.4 Å². The van der Waals surface area contributed by atoms with E-state index in [0.29, 0.717) is 6.61 Å². The molecule has 76 valence electrons. The van der Waals surface area contributed by atoms with E-state index in [2.05, 4.69) is 32.1 Å². The first-order chi connectivity index (χ1) is 6.74. The van der Waals surface area contributed by atoms with Gasteiger partial charge in [0, 0.05) is 0 Å². The highest BCUT2D eigenvalue weighted by molar-refractivity contribution is 5.53. The Morgan fingerprint density at radius 3 is 2.64 bits per heavy atom. The van der Waals surface area contributed by atoms with Gasteiger partial charge in [0.05, 0.1) is 12.7 Å². The zero-order valence-electron chi connectivity index (χ0n) is 9.16. The van der Waals surface area contributed by atoms with E-state index < -0.39 is 0 Å². The van der Waals surface area contributed by atoms with Gasteiger partial charge < -0.3 is 4.74 Å². The first kappa shape index (κ1) is 11.0. The summed E-state index contributed by atoms with van der Waals surface area (Å²) in [6.07, 6.45) is 4.45. The molecule has 0 atom stereocenters. The Balaban J connectivity index is 2.74. The van der Waals surface area contributed by atoms with Crippen LogP contribution in [-0.2, 0) is 11.3 Å². The zero-order valence-corrected chi connectivity index (χ0v) is 9.16. The van der Waals surface area contributed by atoms with Crippen LogP contribution < -0.4 is 0 Å². The average Bonchev–Trinajstić information content (AvgIpc) is 2.17. The molecule has 14 heavy (non-hydrogen) atoms. The summed E-state index contributed by atoms with van der Waals surface area (Å²) in [6.45, 7) is 6.83. The third-order valence-corrected chi connectivity index (χ3v) is 1.97. The summed E-state index contributed by atoms with van der Waals surface area (Å²) in [6, 6.07) is 8.32. The van der Waals surface area contributed by atoms with Crippen molar-refractivity contribution < 1.29 is 4.74 Å². The number of hydrogen-bond acceptors (Lipinski definition) is 1. The largest absolute Gasteiger partial charge is 0.374 e. The summed E-state index contributed by atoms with van der Waals surface area (Å²) < 4.78 is 5.58. The molecule has 0 unspecified atom stereocenters. The summed E-state index contributed by atoms with van der Waals surface area (Å²) in [5.74, 6) is 0. The van der Waals surface area contributed by atoms with Crippen LogP contribution in [0.1, 0.15) is 31.9 Å². The van der Waals surface area contributed by atoms with Gasteiger partial charge in [0.2, 0.25) is 0 Å². The Labute approximate surface area is 86.4 Å². The molecule has 0 aromatic heterocycles. The highest BCUT2D eigenvalue weighted by Crippen LogP contribution is 2.12. The van der Waals surface area contributed by atoms with Crippen LogP contribution in [0.2, 0.25) is 0 Å². The summed E-state index contributed by atoms with van der Waals surface area (Å²) in [5, 5.41) is 0. The Morgan fingerprint density at radius 1 is 1.29 bits per heavy atom. The van der Waals surface area contributed by atoms with Crippen LogP contribution in [0.4, 0.5) is 0 Å². The topological polar surface area (TPSA) is 9.23 Å². The molecule has 0 fully saturated rings. The van der Waals surface area contributed by atoms with Gasteiger partial charge in [0.15, 0.2) is 0 Å². The lowest BCUT2D eigenvalue weighted by atomic mass is 10.1. The molecule has 1 heteroatoms. The Hall–Kier alpha value is -1.08. The highest BCUT2D eigenvalue weighted by atomic mass is 16.5. The highest BCUT2D eigenvalue weighted by Gasteiger charge is 1.99. The van der Waals surface area contributed by atoms with Crippen molar-refractivity contribution in [1.29, 1.82) is 0 Å². The van der Waals surface area contributed by atoms with Crippen LogP contribution >= 0.6 is 0 Å². The Morgan fingerprint density at radius 2 is 2.00 bits per heavy atom. The van der Waals surface area contributed by atoms with Gasteiger partial charge in [-0.3, -0.25) is 0 Å². The molecule has 0 radical (unpaired) electrons. The predicted molar refractivity (Wildman–Crippen MR) is 61.1 cm³/mol. The van der Waals surface area contributed by atoms with Crippen molar-refractivity contribution in [3.05, 3.63) is 41.5 Å². The SMILES string of the molecule is CC=Cc1ccccc1COC(C)C. The molecule has 0 heterocycles. The monoisotopic (exact) mass is 190 g/mol. The Kier molecular flexibility index (Phi) is 4.41. The van der Waals surface area contributed by atoms with Gasteiger partial charge in [0.25, 0.3) is 0 Å². The smallest absolute Gasteiger partial charge is 0.0726 e. The van der Waals surface area contributed by atoms with Crippen LogP contribution in [0.25, 0.3) is 6.08 Å². The fourth-order valence-corrected chi connectivity index (χ4v) is 1.26. The second kappa shape index (κ2) is 5.61. The second-order valence-corrected chi connectivity index (χ2v) is 3.56. The third-order valence-electron chi connectivity index (χ3n) is 1.97. The molecular weight excluding hydrogens is 172 g/mol. The minimum absolute atomic E-state index is 0.286. The molecule has 0 amide bonds. The van der Waals surface area contributed by atoms with Crippen molar-refractivity contribution in [1.82, 2.24) is 0 Å². The van der Waals surface area contributed by atoms with Gasteiger partial charge in [-0.15, -0.1) is 0 Å². The predicted octanol–water partition coefficient (Wildman–Crippen LogP) is 3.64. The number of hydrogen-bond donors (Lipinski definition) is 0. The van der Waals surface area contributed by atoms with Crippen LogP contribution in [0.5, 0.6) is 0 Å². The quantitative estimate of drug-likeness (QED) is 0.704. The van der Waals surface area contributed by atoms with Crippen LogP contribution in [0.15, 0.2) is 30.3 Å². The molecule has 0 bridgehead atoms.